The molecule has 8 heteroatoms. The number of benzene rings is 2. The van der Waals surface area contributed by atoms with Crippen LogP contribution in [-0.2, 0) is 10.9 Å². The monoisotopic (exact) mass is 412 g/mol. The number of carbonyl (C=O) groups is 2. The van der Waals surface area contributed by atoms with Gasteiger partial charge in [0.2, 0.25) is 5.78 Å². The van der Waals surface area contributed by atoms with Gasteiger partial charge in [-0.3, -0.25) is 9.20 Å². The average molecular weight is 412 g/mol. The number of fused-ring (bicyclic) bond motifs is 3. The van der Waals surface area contributed by atoms with Gasteiger partial charge in [0, 0.05) is 10.9 Å². The highest BCUT2D eigenvalue weighted by Crippen LogP contribution is 2.31. The van der Waals surface area contributed by atoms with Crippen LogP contribution in [0.2, 0.25) is 0 Å². The molecule has 0 unspecified atom stereocenters. The fraction of sp³-hybridized carbons (Fsp3) is 0.136. The van der Waals surface area contributed by atoms with Crippen molar-refractivity contribution in [2.45, 2.75) is 13.1 Å². The van der Waals surface area contributed by atoms with Crippen molar-refractivity contribution in [2.24, 2.45) is 0 Å². The van der Waals surface area contributed by atoms with Gasteiger partial charge in [-0.2, -0.15) is 13.2 Å². The number of aromatic nitrogens is 2. The van der Waals surface area contributed by atoms with E-state index < -0.39 is 23.5 Å². The molecular formula is C22H15F3N2O3. The first-order chi connectivity index (χ1) is 14.3. The Labute approximate surface area is 168 Å². The van der Waals surface area contributed by atoms with Gasteiger partial charge in [-0.15, -0.1) is 0 Å². The summed E-state index contributed by atoms with van der Waals surface area (Å²) >= 11 is 0. The summed E-state index contributed by atoms with van der Waals surface area (Å²) in [6, 6.07) is 12.6. The minimum Gasteiger partial charge on any atom is -0.462 e. The number of para-hydroxylation sites is 1. The number of ether oxygens (including phenoxy) is 1. The minimum absolute atomic E-state index is 0.0191. The lowest BCUT2D eigenvalue weighted by atomic mass is 10.0. The molecule has 0 N–H and O–H groups in total. The fourth-order valence-electron chi connectivity index (χ4n) is 3.35. The molecule has 5 nitrogen and oxygen atoms in total. The van der Waals surface area contributed by atoms with Crippen molar-refractivity contribution >= 4 is 28.2 Å². The van der Waals surface area contributed by atoms with Crippen LogP contribution in [0.25, 0.3) is 16.4 Å². The molecule has 4 aromatic rings. The van der Waals surface area contributed by atoms with Gasteiger partial charge in [0.05, 0.1) is 34.5 Å². The predicted octanol–water partition coefficient (Wildman–Crippen LogP) is 4.91. The highest BCUT2D eigenvalue weighted by molar-refractivity contribution is 6.14. The molecule has 0 saturated carbocycles. The molecule has 0 spiro atoms. The number of esters is 1. The standard InChI is InChI=1S/C22H15F3N2O3/c1-2-30-21(29)16-11-18(20(28)13-6-5-7-14(10-13)22(23,24)25)27-12-26-17-9-4-3-8-15(17)19(16)27/h3-12H,2H2,1H3. The summed E-state index contributed by atoms with van der Waals surface area (Å²) < 4.78 is 45.7. The summed E-state index contributed by atoms with van der Waals surface area (Å²) in [5.41, 5.74) is 0.105. The third kappa shape index (κ3) is 3.30. The van der Waals surface area contributed by atoms with Gasteiger partial charge in [-0.1, -0.05) is 30.3 Å². The van der Waals surface area contributed by atoms with Crippen molar-refractivity contribution < 1.29 is 27.5 Å². The first-order valence-electron chi connectivity index (χ1n) is 9.09. The van der Waals surface area contributed by atoms with Gasteiger partial charge >= 0.3 is 12.1 Å². The highest BCUT2D eigenvalue weighted by Gasteiger charge is 2.31. The summed E-state index contributed by atoms with van der Waals surface area (Å²) in [5, 5.41) is 0.617. The Bertz CT molecular complexity index is 1290. The maximum absolute atomic E-state index is 13.1. The molecule has 0 amide bonds. The molecule has 0 radical (unpaired) electrons. The summed E-state index contributed by atoms with van der Waals surface area (Å²) in [4.78, 5) is 29.9. The molecule has 0 aliphatic carbocycles. The molecule has 0 saturated heterocycles. The van der Waals surface area contributed by atoms with Gasteiger partial charge in [-0.05, 0) is 31.2 Å². The molecule has 0 aliphatic rings. The Hall–Kier alpha value is -3.68. The van der Waals surface area contributed by atoms with Crippen LogP contribution in [-0.4, -0.2) is 27.7 Å². The highest BCUT2D eigenvalue weighted by atomic mass is 19.4. The summed E-state index contributed by atoms with van der Waals surface area (Å²) in [7, 11) is 0. The van der Waals surface area contributed by atoms with Gasteiger partial charge in [0.1, 0.15) is 6.33 Å². The number of alkyl halides is 3. The van der Waals surface area contributed by atoms with E-state index in [2.05, 4.69) is 4.98 Å². The van der Waals surface area contributed by atoms with Gasteiger partial charge in [-0.25, -0.2) is 9.78 Å². The van der Waals surface area contributed by atoms with E-state index >= 15 is 0 Å². The van der Waals surface area contributed by atoms with E-state index in [4.69, 9.17) is 4.74 Å². The molecule has 2 aromatic carbocycles. The zero-order valence-corrected chi connectivity index (χ0v) is 15.7. The van der Waals surface area contributed by atoms with Crippen molar-refractivity contribution in [1.82, 2.24) is 9.38 Å². The zero-order valence-electron chi connectivity index (χ0n) is 15.7. The molecule has 30 heavy (non-hydrogen) atoms. The molecule has 0 atom stereocenters. The Balaban J connectivity index is 1.95. The second-order valence-electron chi connectivity index (χ2n) is 6.55. The first kappa shape index (κ1) is 19.6. The average Bonchev–Trinajstić information content (AvgIpc) is 3.13. The topological polar surface area (TPSA) is 60.7 Å². The number of nitrogens with zero attached hydrogens (tertiary/aromatic N) is 2. The molecule has 2 aromatic heterocycles. The van der Waals surface area contributed by atoms with Gasteiger partial charge in [0.25, 0.3) is 0 Å². The second-order valence-corrected chi connectivity index (χ2v) is 6.55. The van der Waals surface area contributed by atoms with Crippen LogP contribution >= 0.6 is 0 Å². The van der Waals surface area contributed by atoms with Crippen LogP contribution in [0.3, 0.4) is 0 Å². The van der Waals surface area contributed by atoms with Crippen molar-refractivity contribution in [3.63, 3.8) is 0 Å². The number of carbonyl (C=O) groups excluding carboxylic acids is 2. The normalized spacial score (nSPS) is 11.7. The molecule has 4 rings (SSSR count). The molecule has 0 fully saturated rings. The number of rotatable bonds is 4. The number of hydrogen-bond donors (Lipinski definition) is 0. The van der Waals surface area contributed by atoms with E-state index in [-0.39, 0.29) is 23.4 Å². The summed E-state index contributed by atoms with van der Waals surface area (Å²) in [6.45, 7) is 1.79. The lowest BCUT2D eigenvalue weighted by Crippen LogP contribution is -2.09. The fourth-order valence-corrected chi connectivity index (χ4v) is 3.35. The largest absolute Gasteiger partial charge is 0.462 e. The lowest BCUT2D eigenvalue weighted by molar-refractivity contribution is -0.137. The zero-order chi connectivity index (χ0) is 21.5. The van der Waals surface area contributed by atoms with E-state index in [1.165, 1.54) is 28.9 Å². The molecule has 0 aliphatic heterocycles. The lowest BCUT2D eigenvalue weighted by Gasteiger charge is -2.09. The molecule has 152 valence electrons. The van der Waals surface area contributed by atoms with E-state index in [9.17, 15) is 22.8 Å². The molecular weight excluding hydrogens is 397 g/mol. The van der Waals surface area contributed by atoms with E-state index in [1.54, 1.807) is 31.2 Å². The van der Waals surface area contributed by atoms with Crippen molar-refractivity contribution in [3.8, 4) is 0 Å². The predicted molar refractivity (Wildman–Crippen MR) is 104 cm³/mol. The Kier molecular flexibility index (Phi) is 4.77. The summed E-state index contributed by atoms with van der Waals surface area (Å²) in [6.07, 6.45) is -3.20. The van der Waals surface area contributed by atoms with Crippen LogP contribution in [0.15, 0.2) is 60.9 Å². The van der Waals surface area contributed by atoms with Gasteiger partial charge < -0.3 is 4.74 Å². The van der Waals surface area contributed by atoms with Crippen molar-refractivity contribution in [1.29, 1.82) is 0 Å². The maximum Gasteiger partial charge on any atom is 0.416 e. The second kappa shape index (κ2) is 7.29. The number of halogens is 3. The first-order valence-corrected chi connectivity index (χ1v) is 9.09. The SMILES string of the molecule is CCOC(=O)c1cc(C(=O)c2cccc(C(F)(F)F)c2)n2cnc3ccccc3c12. The van der Waals surface area contributed by atoms with Gasteiger partial charge in [0.15, 0.2) is 0 Å². The maximum atomic E-state index is 13.1. The van der Waals surface area contributed by atoms with Crippen LogP contribution < -0.4 is 0 Å². The quantitative estimate of drug-likeness (QED) is 0.353. The van der Waals surface area contributed by atoms with Crippen LogP contribution in [0.5, 0.6) is 0 Å². The minimum atomic E-state index is -4.58. The third-order valence-corrected chi connectivity index (χ3v) is 4.69. The van der Waals surface area contributed by atoms with E-state index in [0.717, 1.165) is 12.1 Å². The molecule has 0 bridgehead atoms. The number of ketones is 1. The van der Waals surface area contributed by atoms with E-state index in [0.29, 0.717) is 16.4 Å². The Morgan fingerprint density at radius 1 is 1.07 bits per heavy atom. The smallest absolute Gasteiger partial charge is 0.416 e. The van der Waals surface area contributed by atoms with Crippen molar-refractivity contribution in [3.05, 3.63) is 83.3 Å². The third-order valence-electron chi connectivity index (χ3n) is 4.69. The Morgan fingerprint density at radius 3 is 2.57 bits per heavy atom. The van der Waals surface area contributed by atoms with Crippen LogP contribution in [0.4, 0.5) is 13.2 Å². The van der Waals surface area contributed by atoms with E-state index in [1.807, 2.05) is 0 Å². The molecule has 2 heterocycles. The van der Waals surface area contributed by atoms with Crippen LogP contribution in [0, 0.1) is 0 Å². The van der Waals surface area contributed by atoms with Crippen molar-refractivity contribution in [2.75, 3.05) is 6.61 Å². The van der Waals surface area contributed by atoms with Crippen LogP contribution in [0.1, 0.15) is 38.9 Å². The number of hydrogen-bond acceptors (Lipinski definition) is 4. The Morgan fingerprint density at radius 2 is 1.83 bits per heavy atom. The summed E-state index contributed by atoms with van der Waals surface area (Å²) in [5.74, 6) is -1.29.